The van der Waals surface area contributed by atoms with Crippen LogP contribution in [0.25, 0.3) is 0 Å². The van der Waals surface area contributed by atoms with Gasteiger partial charge in [-0.3, -0.25) is 9.69 Å². The molecular weight excluding hydrogens is 266 g/mol. The van der Waals surface area contributed by atoms with Crippen molar-refractivity contribution in [1.82, 2.24) is 4.90 Å². The summed E-state index contributed by atoms with van der Waals surface area (Å²) in [6, 6.07) is 6.10. The minimum Gasteiger partial charge on any atom is -0.374 e. The zero-order valence-electron chi connectivity index (χ0n) is 12.9. The number of amides is 1. The average Bonchev–Trinajstić information content (AvgIpc) is 2.49. The number of carbonyl (C=O) groups is 1. The van der Waals surface area contributed by atoms with Gasteiger partial charge in [0, 0.05) is 25.3 Å². The summed E-state index contributed by atoms with van der Waals surface area (Å²) >= 11 is 0. The Bertz CT molecular complexity index is 490. The normalized spacial score (nSPS) is 19.5. The van der Waals surface area contributed by atoms with Crippen molar-refractivity contribution in [3.8, 4) is 0 Å². The lowest BCUT2D eigenvalue weighted by atomic mass is 10.1. The fourth-order valence-electron chi connectivity index (χ4n) is 2.65. The summed E-state index contributed by atoms with van der Waals surface area (Å²) in [4.78, 5) is 14.4. The molecule has 21 heavy (non-hydrogen) atoms. The minimum absolute atomic E-state index is 0.0247. The lowest BCUT2D eigenvalue weighted by molar-refractivity contribution is -0.119. The Morgan fingerprint density at radius 2 is 2.33 bits per heavy atom. The molecule has 0 aromatic heterocycles. The van der Waals surface area contributed by atoms with Crippen LogP contribution in [-0.4, -0.2) is 49.7 Å². The molecule has 1 amide bonds. The number of anilines is 1. The average molecular weight is 291 g/mol. The second-order valence-corrected chi connectivity index (χ2v) is 5.47. The van der Waals surface area contributed by atoms with Crippen molar-refractivity contribution in [3.63, 3.8) is 0 Å². The van der Waals surface area contributed by atoms with Crippen molar-refractivity contribution in [3.05, 3.63) is 29.3 Å². The van der Waals surface area contributed by atoms with Gasteiger partial charge in [-0.2, -0.15) is 0 Å². The quantitative estimate of drug-likeness (QED) is 0.854. The van der Waals surface area contributed by atoms with Crippen molar-refractivity contribution >= 4 is 11.6 Å². The van der Waals surface area contributed by atoms with E-state index in [1.807, 2.05) is 19.1 Å². The highest BCUT2D eigenvalue weighted by Gasteiger charge is 2.21. The molecule has 1 fully saturated rings. The van der Waals surface area contributed by atoms with E-state index in [-0.39, 0.29) is 12.0 Å². The van der Waals surface area contributed by atoms with Crippen LogP contribution < -0.4 is 11.1 Å². The van der Waals surface area contributed by atoms with Gasteiger partial charge in [-0.05, 0) is 24.5 Å². The van der Waals surface area contributed by atoms with Crippen molar-refractivity contribution < 1.29 is 9.53 Å². The van der Waals surface area contributed by atoms with Crippen LogP contribution in [0.2, 0.25) is 0 Å². The molecule has 0 spiro atoms. The largest absolute Gasteiger partial charge is 0.374 e. The van der Waals surface area contributed by atoms with Crippen LogP contribution in [0.3, 0.4) is 0 Å². The van der Waals surface area contributed by atoms with Gasteiger partial charge in [0.2, 0.25) is 5.91 Å². The molecule has 1 aromatic carbocycles. The number of nitrogens with one attached hydrogen (secondary N) is 1. The maximum atomic E-state index is 12.3. The van der Waals surface area contributed by atoms with Crippen LogP contribution in [0.1, 0.15) is 18.1 Å². The van der Waals surface area contributed by atoms with Crippen molar-refractivity contribution in [2.75, 3.05) is 38.1 Å². The lowest BCUT2D eigenvalue weighted by Crippen LogP contribution is -2.48. The Kier molecular flexibility index (Phi) is 5.73. The molecule has 1 aliphatic heterocycles. The lowest BCUT2D eigenvalue weighted by Gasteiger charge is -2.31. The number of benzene rings is 1. The van der Waals surface area contributed by atoms with E-state index in [0.29, 0.717) is 19.7 Å². The van der Waals surface area contributed by atoms with Gasteiger partial charge in [-0.25, -0.2) is 0 Å². The van der Waals surface area contributed by atoms with Crippen molar-refractivity contribution in [2.24, 2.45) is 5.73 Å². The van der Waals surface area contributed by atoms with Gasteiger partial charge in [0.15, 0.2) is 0 Å². The number of hydrogen-bond acceptors (Lipinski definition) is 4. The Labute approximate surface area is 126 Å². The van der Waals surface area contributed by atoms with Crippen molar-refractivity contribution in [2.45, 2.75) is 26.4 Å². The summed E-state index contributed by atoms with van der Waals surface area (Å²) in [5.41, 5.74) is 8.85. The van der Waals surface area contributed by atoms with Crippen LogP contribution in [0.4, 0.5) is 5.69 Å². The maximum Gasteiger partial charge on any atom is 0.238 e. The molecule has 5 nitrogen and oxygen atoms in total. The standard InChI is InChI=1S/C16H25N3O2/c1-3-13-6-4-5-12(2)16(13)18-15(20)11-19-7-8-21-14(9-17)10-19/h4-6,14H,3,7-11,17H2,1-2H3,(H,18,20). The first-order valence-corrected chi connectivity index (χ1v) is 7.56. The molecule has 1 unspecified atom stereocenters. The number of hydrogen-bond donors (Lipinski definition) is 2. The molecular formula is C16H25N3O2. The number of rotatable bonds is 5. The van der Waals surface area contributed by atoms with Gasteiger partial charge in [-0.1, -0.05) is 25.1 Å². The maximum absolute atomic E-state index is 12.3. The summed E-state index contributed by atoms with van der Waals surface area (Å²) in [7, 11) is 0. The summed E-state index contributed by atoms with van der Waals surface area (Å²) in [6.45, 7) is 7.13. The van der Waals surface area contributed by atoms with E-state index in [2.05, 4.69) is 23.2 Å². The number of nitrogens with two attached hydrogens (primary N) is 1. The van der Waals surface area contributed by atoms with Gasteiger partial charge in [0.05, 0.1) is 19.3 Å². The van der Waals surface area contributed by atoms with Gasteiger partial charge in [-0.15, -0.1) is 0 Å². The predicted octanol–water partition coefficient (Wildman–Crippen LogP) is 1.16. The minimum atomic E-state index is 0.0247. The summed E-state index contributed by atoms with van der Waals surface area (Å²) in [5, 5.41) is 3.06. The van der Waals surface area contributed by atoms with Crippen molar-refractivity contribution in [1.29, 1.82) is 0 Å². The van der Waals surface area contributed by atoms with Crippen LogP contribution in [-0.2, 0) is 16.0 Å². The van der Waals surface area contributed by atoms with E-state index in [0.717, 1.165) is 30.8 Å². The number of carbonyl (C=O) groups excluding carboxylic acids is 1. The SMILES string of the molecule is CCc1cccc(C)c1NC(=O)CN1CCOC(CN)C1. The molecule has 0 saturated carbocycles. The summed E-state index contributed by atoms with van der Waals surface area (Å²) in [5.74, 6) is 0.0247. The molecule has 116 valence electrons. The number of ether oxygens (including phenoxy) is 1. The third-order valence-electron chi connectivity index (χ3n) is 3.86. The Morgan fingerprint density at radius 3 is 3.05 bits per heavy atom. The molecule has 0 radical (unpaired) electrons. The molecule has 1 atom stereocenters. The molecule has 5 heteroatoms. The topological polar surface area (TPSA) is 67.6 Å². The van der Waals surface area contributed by atoms with Crippen LogP contribution in [0, 0.1) is 6.92 Å². The van der Waals surface area contributed by atoms with E-state index >= 15 is 0 Å². The van der Waals surface area contributed by atoms with Gasteiger partial charge in [0.25, 0.3) is 0 Å². The molecule has 0 aliphatic carbocycles. The smallest absolute Gasteiger partial charge is 0.238 e. The first-order chi connectivity index (χ1) is 10.1. The third kappa shape index (κ3) is 4.27. The van der Waals surface area contributed by atoms with Gasteiger partial charge < -0.3 is 15.8 Å². The second kappa shape index (κ2) is 7.54. The van der Waals surface area contributed by atoms with E-state index in [4.69, 9.17) is 10.5 Å². The highest BCUT2D eigenvalue weighted by Crippen LogP contribution is 2.21. The molecule has 1 aromatic rings. The molecule has 0 bridgehead atoms. The van der Waals surface area contributed by atoms with E-state index in [9.17, 15) is 4.79 Å². The summed E-state index contributed by atoms with van der Waals surface area (Å²) in [6.07, 6.45) is 0.945. The van der Waals surface area contributed by atoms with E-state index < -0.39 is 0 Å². The molecule has 1 aliphatic rings. The molecule has 1 saturated heterocycles. The first kappa shape index (κ1) is 15.9. The Balaban J connectivity index is 1.96. The van der Waals surface area contributed by atoms with Crippen LogP contribution in [0.15, 0.2) is 18.2 Å². The number of para-hydroxylation sites is 1. The highest BCUT2D eigenvalue weighted by atomic mass is 16.5. The number of aryl methyl sites for hydroxylation is 2. The van der Waals surface area contributed by atoms with E-state index in [1.165, 1.54) is 5.56 Å². The first-order valence-electron chi connectivity index (χ1n) is 7.56. The van der Waals surface area contributed by atoms with Gasteiger partial charge >= 0.3 is 0 Å². The van der Waals surface area contributed by atoms with Crippen LogP contribution >= 0.6 is 0 Å². The fraction of sp³-hybridized carbons (Fsp3) is 0.562. The zero-order valence-corrected chi connectivity index (χ0v) is 12.9. The monoisotopic (exact) mass is 291 g/mol. The Morgan fingerprint density at radius 1 is 1.52 bits per heavy atom. The Hall–Kier alpha value is -1.43. The molecule has 2 rings (SSSR count). The van der Waals surface area contributed by atoms with E-state index in [1.54, 1.807) is 0 Å². The third-order valence-corrected chi connectivity index (χ3v) is 3.86. The number of morpholine rings is 1. The predicted molar refractivity (Wildman–Crippen MR) is 84.4 cm³/mol. The highest BCUT2D eigenvalue weighted by molar-refractivity contribution is 5.93. The van der Waals surface area contributed by atoms with Crippen LogP contribution in [0.5, 0.6) is 0 Å². The number of nitrogens with zero attached hydrogens (tertiary/aromatic N) is 1. The molecule has 3 N–H and O–H groups in total. The molecule has 1 heterocycles. The fourth-order valence-corrected chi connectivity index (χ4v) is 2.65. The summed E-state index contributed by atoms with van der Waals surface area (Å²) < 4.78 is 5.51. The second-order valence-electron chi connectivity index (χ2n) is 5.47. The van der Waals surface area contributed by atoms with Gasteiger partial charge in [0.1, 0.15) is 0 Å². The zero-order chi connectivity index (χ0) is 15.2.